The Balaban J connectivity index is 1.61. The molecule has 0 atom stereocenters. The zero-order valence-corrected chi connectivity index (χ0v) is 17.8. The van der Waals surface area contributed by atoms with E-state index in [1.807, 2.05) is 4.90 Å². The van der Waals surface area contributed by atoms with Gasteiger partial charge in [-0.2, -0.15) is 0 Å². The predicted octanol–water partition coefficient (Wildman–Crippen LogP) is 2.60. The quantitative estimate of drug-likeness (QED) is 0.615. The van der Waals surface area contributed by atoms with Gasteiger partial charge in [0.15, 0.2) is 0 Å². The van der Waals surface area contributed by atoms with E-state index in [9.17, 15) is 14.4 Å². The molecule has 1 aliphatic heterocycles. The summed E-state index contributed by atoms with van der Waals surface area (Å²) in [4.78, 5) is 39.4. The van der Waals surface area contributed by atoms with Gasteiger partial charge in [-0.05, 0) is 55.8 Å². The van der Waals surface area contributed by atoms with Crippen molar-refractivity contribution in [3.63, 3.8) is 0 Å². The highest BCUT2D eigenvalue weighted by Crippen LogP contribution is 2.30. The summed E-state index contributed by atoms with van der Waals surface area (Å²) in [5.74, 6) is 0.0288. The van der Waals surface area contributed by atoms with E-state index in [-0.39, 0.29) is 41.2 Å². The number of benzene rings is 2. The van der Waals surface area contributed by atoms with Crippen molar-refractivity contribution in [3.05, 3.63) is 58.8 Å². The van der Waals surface area contributed by atoms with E-state index in [0.717, 1.165) is 0 Å². The van der Waals surface area contributed by atoms with Crippen molar-refractivity contribution in [3.8, 4) is 16.9 Å². The lowest BCUT2D eigenvalue weighted by atomic mass is 9.96. The average Bonchev–Trinajstić information content (AvgIpc) is 2.80. The number of nitrogens with one attached hydrogen (secondary N) is 1. The Kier molecular flexibility index (Phi) is 6.23. The van der Waals surface area contributed by atoms with E-state index >= 15 is 0 Å². The van der Waals surface area contributed by atoms with E-state index in [4.69, 9.17) is 14.9 Å². The Morgan fingerprint density at radius 1 is 1.12 bits per heavy atom. The van der Waals surface area contributed by atoms with Crippen molar-refractivity contribution >= 4 is 28.7 Å². The van der Waals surface area contributed by atoms with Gasteiger partial charge in [0, 0.05) is 5.92 Å². The van der Waals surface area contributed by atoms with Crippen LogP contribution < -0.4 is 21.2 Å². The fourth-order valence-corrected chi connectivity index (χ4v) is 3.99. The van der Waals surface area contributed by atoms with Crippen LogP contribution in [-0.2, 0) is 9.59 Å². The van der Waals surface area contributed by atoms with Gasteiger partial charge in [-0.3, -0.25) is 24.6 Å². The standard InChI is InChI=1S/C24H25N3O5/c1-31-17-8-6-15(7-9-17)21-22(29)18-4-2-3-5-19(18)32-24(21)26-20(28)14-27-12-10-16(11-13-27)23(25)30/h2-9,16H,10-14H2,1H3,(H2,25,30)(H,26,28). The van der Waals surface area contributed by atoms with Gasteiger partial charge < -0.3 is 14.9 Å². The molecule has 3 aromatic rings. The first-order chi connectivity index (χ1) is 15.5. The summed E-state index contributed by atoms with van der Waals surface area (Å²) in [6.07, 6.45) is 1.26. The van der Waals surface area contributed by atoms with Crippen LogP contribution in [0.1, 0.15) is 12.8 Å². The summed E-state index contributed by atoms with van der Waals surface area (Å²) in [6.45, 7) is 1.34. The maximum Gasteiger partial charge on any atom is 0.240 e. The second-order valence-corrected chi connectivity index (χ2v) is 7.86. The molecule has 1 aromatic heterocycles. The van der Waals surface area contributed by atoms with Crippen LogP contribution in [0.25, 0.3) is 22.1 Å². The van der Waals surface area contributed by atoms with Gasteiger partial charge in [0.05, 0.1) is 24.6 Å². The molecule has 1 saturated heterocycles. The fraction of sp³-hybridized carbons (Fsp3) is 0.292. The van der Waals surface area contributed by atoms with Crippen LogP contribution in [-0.4, -0.2) is 43.5 Å². The van der Waals surface area contributed by atoms with Gasteiger partial charge in [0.2, 0.25) is 23.1 Å². The molecule has 2 heterocycles. The fourth-order valence-electron chi connectivity index (χ4n) is 3.99. The summed E-state index contributed by atoms with van der Waals surface area (Å²) in [5, 5.41) is 3.22. The van der Waals surface area contributed by atoms with Crippen LogP contribution >= 0.6 is 0 Å². The predicted molar refractivity (Wildman–Crippen MR) is 121 cm³/mol. The number of nitrogens with two attached hydrogens (primary N) is 1. The summed E-state index contributed by atoms with van der Waals surface area (Å²) in [5.41, 5.74) is 6.45. The largest absolute Gasteiger partial charge is 0.497 e. The molecule has 8 heteroatoms. The summed E-state index contributed by atoms with van der Waals surface area (Å²) in [7, 11) is 1.57. The zero-order valence-electron chi connectivity index (χ0n) is 17.8. The number of methoxy groups -OCH3 is 1. The highest BCUT2D eigenvalue weighted by atomic mass is 16.5. The number of hydrogen-bond donors (Lipinski definition) is 2. The number of amides is 2. The van der Waals surface area contributed by atoms with Crippen LogP contribution in [0.2, 0.25) is 0 Å². The van der Waals surface area contributed by atoms with E-state index < -0.39 is 0 Å². The highest BCUT2D eigenvalue weighted by molar-refractivity contribution is 5.97. The normalized spacial score (nSPS) is 14.9. The Bertz CT molecular complexity index is 1190. The number of fused-ring (bicyclic) bond motifs is 1. The molecular formula is C24H25N3O5. The molecule has 1 aliphatic rings. The van der Waals surface area contributed by atoms with Crippen molar-refractivity contribution in [2.24, 2.45) is 11.7 Å². The van der Waals surface area contributed by atoms with E-state index in [2.05, 4.69) is 5.32 Å². The van der Waals surface area contributed by atoms with Gasteiger partial charge in [-0.1, -0.05) is 24.3 Å². The molecule has 2 aromatic carbocycles. The van der Waals surface area contributed by atoms with Crippen molar-refractivity contribution in [1.82, 2.24) is 4.90 Å². The molecule has 0 spiro atoms. The van der Waals surface area contributed by atoms with Crippen LogP contribution in [0.5, 0.6) is 5.75 Å². The summed E-state index contributed by atoms with van der Waals surface area (Å²) >= 11 is 0. The molecule has 0 aliphatic carbocycles. The highest BCUT2D eigenvalue weighted by Gasteiger charge is 2.25. The Hall–Kier alpha value is -3.65. The number of para-hydroxylation sites is 1. The first kappa shape index (κ1) is 21.6. The van der Waals surface area contributed by atoms with Gasteiger partial charge >= 0.3 is 0 Å². The molecule has 0 unspecified atom stereocenters. The molecule has 2 amide bonds. The number of rotatable bonds is 6. The molecule has 32 heavy (non-hydrogen) atoms. The van der Waals surface area contributed by atoms with Crippen molar-refractivity contribution in [2.75, 3.05) is 32.1 Å². The van der Waals surface area contributed by atoms with Crippen LogP contribution in [0.15, 0.2) is 57.7 Å². The molecular weight excluding hydrogens is 410 g/mol. The molecule has 0 bridgehead atoms. The minimum Gasteiger partial charge on any atom is -0.497 e. The molecule has 3 N–H and O–H groups in total. The maximum absolute atomic E-state index is 13.3. The SMILES string of the molecule is COc1ccc(-c2c(NC(=O)CN3CCC(C(N)=O)CC3)oc3ccccc3c2=O)cc1. The summed E-state index contributed by atoms with van der Waals surface area (Å²) < 4.78 is 11.2. The number of likely N-dealkylation sites (tertiary alicyclic amines) is 1. The Morgan fingerprint density at radius 3 is 2.47 bits per heavy atom. The Labute approximate surface area is 185 Å². The van der Waals surface area contributed by atoms with E-state index in [0.29, 0.717) is 48.2 Å². The zero-order chi connectivity index (χ0) is 22.7. The number of nitrogens with zero attached hydrogens (tertiary/aromatic N) is 1. The summed E-state index contributed by atoms with van der Waals surface area (Å²) in [6, 6.07) is 13.9. The van der Waals surface area contributed by atoms with Gasteiger partial charge in [0.1, 0.15) is 11.3 Å². The average molecular weight is 435 g/mol. The number of hydrogen-bond acceptors (Lipinski definition) is 6. The minimum atomic E-state index is -0.296. The topological polar surface area (TPSA) is 115 Å². The lowest BCUT2D eigenvalue weighted by Crippen LogP contribution is -2.42. The molecule has 166 valence electrons. The molecule has 0 saturated carbocycles. The molecule has 8 nitrogen and oxygen atoms in total. The molecule has 1 fully saturated rings. The lowest BCUT2D eigenvalue weighted by Gasteiger charge is -2.29. The van der Waals surface area contributed by atoms with Gasteiger partial charge in [0.25, 0.3) is 0 Å². The third-order valence-corrected chi connectivity index (χ3v) is 5.79. The lowest BCUT2D eigenvalue weighted by molar-refractivity contribution is -0.123. The number of anilines is 1. The van der Waals surface area contributed by atoms with Crippen molar-refractivity contribution < 1.29 is 18.7 Å². The smallest absolute Gasteiger partial charge is 0.240 e. The second kappa shape index (κ2) is 9.23. The second-order valence-electron chi connectivity index (χ2n) is 7.86. The number of primary amides is 1. The van der Waals surface area contributed by atoms with Crippen LogP contribution in [0, 0.1) is 5.92 Å². The van der Waals surface area contributed by atoms with Gasteiger partial charge in [-0.25, -0.2) is 0 Å². The number of ether oxygens (including phenoxy) is 1. The number of carbonyl (C=O) groups is 2. The van der Waals surface area contributed by atoms with Crippen LogP contribution in [0.3, 0.4) is 0 Å². The first-order valence-corrected chi connectivity index (χ1v) is 10.5. The van der Waals surface area contributed by atoms with Crippen molar-refractivity contribution in [2.45, 2.75) is 12.8 Å². The number of carbonyl (C=O) groups excluding carboxylic acids is 2. The monoisotopic (exact) mass is 435 g/mol. The van der Waals surface area contributed by atoms with Gasteiger partial charge in [-0.15, -0.1) is 0 Å². The van der Waals surface area contributed by atoms with Crippen molar-refractivity contribution in [1.29, 1.82) is 0 Å². The minimum absolute atomic E-state index is 0.107. The molecule has 0 radical (unpaired) electrons. The third-order valence-electron chi connectivity index (χ3n) is 5.79. The Morgan fingerprint density at radius 2 is 1.81 bits per heavy atom. The third kappa shape index (κ3) is 4.50. The van der Waals surface area contributed by atoms with Crippen LogP contribution in [0.4, 0.5) is 5.88 Å². The van der Waals surface area contributed by atoms with E-state index in [1.54, 1.807) is 55.6 Å². The number of piperidine rings is 1. The van der Waals surface area contributed by atoms with E-state index in [1.165, 1.54) is 0 Å². The first-order valence-electron chi connectivity index (χ1n) is 10.5. The molecule has 4 rings (SSSR count). The maximum atomic E-state index is 13.3.